The summed E-state index contributed by atoms with van der Waals surface area (Å²) in [5, 5.41) is 4.75. The zero-order valence-corrected chi connectivity index (χ0v) is 12.5. The van der Waals surface area contributed by atoms with E-state index < -0.39 is 34.4 Å². The van der Waals surface area contributed by atoms with E-state index in [9.17, 15) is 18.0 Å². The van der Waals surface area contributed by atoms with Crippen LogP contribution in [0, 0.1) is 0 Å². The Morgan fingerprint density at radius 2 is 2.22 bits per heavy atom. The van der Waals surface area contributed by atoms with Crippen molar-refractivity contribution in [2.75, 3.05) is 13.1 Å². The van der Waals surface area contributed by atoms with Crippen molar-refractivity contribution in [2.24, 2.45) is 11.5 Å². The van der Waals surface area contributed by atoms with Crippen molar-refractivity contribution in [2.45, 2.75) is 18.6 Å². The first-order chi connectivity index (χ1) is 10.7. The topological polar surface area (TPSA) is 174 Å². The number of carbonyl (C=O) groups excluding carboxylic acids is 2. The Balaban J connectivity index is 2.03. The lowest BCUT2D eigenvalue weighted by molar-refractivity contribution is -0.118. The Bertz CT molecular complexity index is 775. The van der Waals surface area contributed by atoms with Crippen LogP contribution in [0.1, 0.15) is 23.3 Å². The molecule has 1 aromatic heterocycles. The van der Waals surface area contributed by atoms with Gasteiger partial charge in [0.1, 0.15) is 12.6 Å². The minimum atomic E-state index is -4.87. The van der Waals surface area contributed by atoms with Crippen LogP contribution in [0.25, 0.3) is 0 Å². The van der Waals surface area contributed by atoms with Crippen molar-refractivity contribution in [1.29, 1.82) is 0 Å². The molecule has 1 saturated heterocycles. The molecule has 1 unspecified atom stereocenters. The van der Waals surface area contributed by atoms with Gasteiger partial charge in [-0.15, -0.1) is 4.28 Å². The molecule has 0 saturated carbocycles. The average molecular weight is 346 g/mol. The van der Waals surface area contributed by atoms with Gasteiger partial charge in [0.15, 0.2) is 0 Å². The molecule has 5 N–H and O–H groups in total. The summed E-state index contributed by atoms with van der Waals surface area (Å²) in [7, 11) is -4.87. The highest BCUT2D eigenvalue weighted by atomic mass is 32.3. The molecular weight excluding hydrogens is 332 g/mol. The molecule has 1 fully saturated rings. The number of hydrogen-bond donors (Lipinski definition) is 3. The van der Waals surface area contributed by atoms with Gasteiger partial charge in [0.25, 0.3) is 0 Å². The average Bonchev–Trinajstić information content (AvgIpc) is 2.93. The Morgan fingerprint density at radius 3 is 2.78 bits per heavy atom. The molecule has 3 amide bonds. The van der Waals surface area contributed by atoms with Crippen LogP contribution in [0.15, 0.2) is 6.20 Å². The molecule has 0 spiro atoms. The van der Waals surface area contributed by atoms with E-state index in [-0.39, 0.29) is 19.6 Å². The molecule has 1 aromatic rings. The van der Waals surface area contributed by atoms with E-state index in [1.807, 2.05) is 0 Å². The van der Waals surface area contributed by atoms with Gasteiger partial charge in [-0.2, -0.15) is 18.6 Å². The fraction of sp³-hybridized carbons (Fsp3) is 0.500. The van der Waals surface area contributed by atoms with Crippen LogP contribution in [0.3, 0.4) is 0 Å². The zero-order chi connectivity index (χ0) is 16.9. The molecule has 2 atom stereocenters. The van der Waals surface area contributed by atoms with Gasteiger partial charge in [-0.1, -0.05) is 0 Å². The Kier molecular flexibility index (Phi) is 3.51. The van der Waals surface area contributed by atoms with E-state index >= 15 is 0 Å². The summed E-state index contributed by atoms with van der Waals surface area (Å²) in [5.74, 6) is -0.610. The van der Waals surface area contributed by atoms with Crippen LogP contribution in [0.4, 0.5) is 4.79 Å². The third-order valence-corrected chi connectivity index (χ3v) is 4.02. The molecule has 3 rings (SSSR count). The lowest BCUT2D eigenvalue weighted by atomic mass is 9.98. The Labute approximate surface area is 130 Å². The number of carbonyl (C=O) groups is 2. The normalized spacial score (nSPS) is 23.3. The lowest BCUT2D eigenvalue weighted by Gasteiger charge is -2.28. The fourth-order valence-corrected chi connectivity index (χ4v) is 3.23. The van der Waals surface area contributed by atoms with Gasteiger partial charge >= 0.3 is 16.4 Å². The van der Waals surface area contributed by atoms with E-state index in [0.29, 0.717) is 16.3 Å². The number of nitrogens with two attached hydrogens (primary N) is 2. The van der Waals surface area contributed by atoms with E-state index in [2.05, 4.69) is 9.38 Å². The maximum absolute atomic E-state index is 12.3. The van der Waals surface area contributed by atoms with Crippen LogP contribution in [-0.2, 0) is 26.0 Å². The van der Waals surface area contributed by atoms with Gasteiger partial charge in [-0.25, -0.2) is 4.79 Å². The first-order valence-corrected chi connectivity index (χ1v) is 7.90. The maximum atomic E-state index is 12.3. The summed E-state index contributed by atoms with van der Waals surface area (Å²) in [5.41, 5.74) is 11.7. The highest BCUT2D eigenvalue weighted by Crippen LogP contribution is 2.43. The molecule has 0 aromatic carbocycles. The third kappa shape index (κ3) is 2.63. The van der Waals surface area contributed by atoms with Crippen molar-refractivity contribution in [1.82, 2.24) is 19.7 Å². The summed E-state index contributed by atoms with van der Waals surface area (Å²) in [6, 6.07) is -2.15. The smallest absolute Gasteiger partial charge is 0.368 e. The van der Waals surface area contributed by atoms with Gasteiger partial charge in [-0.05, 0) is 0 Å². The van der Waals surface area contributed by atoms with E-state index in [0.717, 1.165) is 0 Å². The van der Waals surface area contributed by atoms with Gasteiger partial charge < -0.3 is 16.4 Å². The predicted octanol–water partition coefficient (Wildman–Crippen LogP) is -2.11. The Hall–Kier alpha value is -2.22. The third-order valence-electron chi connectivity index (χ3n) is 3.67. The molecule has 126 valence electrons. The second-order valence-corrected chi connectivity index (χ2v) is 6.17. The molecule has 3 heterocycles. The number of fused-ring (bicyclic) bond motifs is 4. The quantitative estimate of drug-likeness (QED) is 0.508. The summed E-state index contributed by atoms with van der Waals surface area (Å²) in [6.07, 6.45) is 1.48. The van der Waals surface area contributed by atoms with Crippen LogP contribution < -0.4 is 11.5 Å². The molecule has 2 bridgehead atoms. The SMILES string of the molecule is NCC1c2nn(CC(N)=O)cc2[C@H]2CN1C(=O)N2OS(=O)(=O)O. The second kappa shape index (κ2) is 5.16. The summed E-state index contributed by atoms with van der Waals surface area (Å²) < 4.78 is 36.4. The van der Waals surface area contributed by atoms with Gasteiger partial charge in [0.2, 0.25) is 5.91 Å². The number of primary amides is 1. The highest BCUT2D eigenvalue weighted by molar-refractivity contribution is 7.80. The molecule has 2 aliphatic heterocycles. The van der Waals surface area contributed by atoms with Crippen LogP contribution >= 0.6 is 0 Å². The number of hydrogen-bond acceptors (Lipinski definition) is 7. The number of rotatable bonds is 5. The number of aromatic nitrogens is 2. The second-order valence-electron chi connectivity index (χ2n) is 5.16. The highest BCUT2D eigenvalue weighted by Gasteiger charge is 2.51. The predicted molar refractivity (Wildman–Crippen MR) is 72.5 cm³/mol. The van der Waals surface area contributed by atoms with Gasteiger partial charge in [-0.3, -0.25) is 14.0 Å². The lowest BCUT2D eigenvalue weighted by Crippen LogP contribution is -2.38. The molecule has 2 aliphatic rings. The molecule has 13 heteroatoms. The first-order valence-electron chi connectivity index (χ1n) is 6.53. The zero-order valence-electron chi connectivity index (χ0n) is 11.7. The largest absolute Gasteiger partial charge is 0.418 e. The maximum Gasteiger partial charge on any atom is 0.418 e. The number of urea groups is 1. The van der Waals surface area contributed by atoms with Crippen molar-refractivity contribution in [3.63, 3.8) is 0 Å². The fourth-order valence-electron chi connectivity index (χ4n) is 2.86. The van der Waals surface area contributed by atoms with Crippen molar-refractivity contribution in [3.8, 4) is 0 Å². The van der Waals surface area contributed by atoms with E-state index in [1.165, 1.54) is 15.8 Å². The summed E-state index contributed by atoms with van der Waals surface area (Å²) in [4.78, 5) is 24.6. The monoisotopic (exact) mass is 346 g/mol. The first kappa shape index (κ1) is 15.7. The minimum absolute atomic E-state index is 0.0404. The van der Waals surface area contributed by atoms with Crippen molar-refractivity contribution >= 4 is 22.3 Å². The van der Waals surface area contributed by atoms with Crippen molar-refractivity contribution in [3.05, 3.63) is 17.5 Å². The van der Waals surface area contributed by atoms with E-state index in [1.54, 1.807) is 0 Å². The number of amides is 3. The molecule has 12 nitrogen and oxygen atoms in total. The molecular formula is C10H14N6O6S. The van der Waals surface area contributed by atoms with Gasteiger partial charge in [0.05, 0.1) is 18.3 Å². The number of nitrogens with zero attached hydrogens (tertiary/aromatic N) is 4. The van der Waals surface area contributed by atoms with Crippen LogP contribution in [0.5, 0.6) is 0 Å². The van der Waals surface area contributed by atoms with E-state index in [4.69, 9.17) is 16.0 Å². The summed E-state index contributed by atoms with van der Waals surface area (Å²) in [6.45, 7) is -0.0195. The standard InChI is InChI=1S/C10H14N6O6S/c11-1-6-9-5(2-14(13-9)4-8(12)17)7-3-15(6)10(18)16(7)22-23(19,20)21/h2,6-7H,1,3-4,11H2,(H2,12,17)(H,19,20,21)/t6?,7-/m1/s1. The Morgan fingerprint density at radius 1 is 1.52 bits per heavy atom. The van der Waals surface area contributed by atoms with Crippen LogP contribution in [-0.4, -0.2) is 57.7 Å². The molecule has 0 aliphatic carbocycles. The van der Waals surface area contributed by atoms with Gasteiger partial charge in [0, 0.05) is 18.3 Å². The molecule has 0 radical (unpaired) electrons. The van der Waals surface area contributed by atoms with Crippen LogP contribution in [0.2, 0.25) is 0 Å². The summed E-state index contributed by atoms with van der Waals surface area (Å²) >= 11 is 0. The number of hydroxylamine groups is 2. The molecule has 23 heavy (non-hydrogen) atoms. The minimum Gasteiger partial charge on any atom is -0.368 e. The van der Waals surface area contributed by atoms with Crippen molar-refractivity contribution < 1.29 is 26.8 Å².